The number of hydrogen-bond donors (Lipinski definition) is 2. The minimum Gasteiger partial charge on any atom is -0.391 e. The van der Waals surface area contributed by atoms with Crippen molar-refractivity contribution in [1.29, 1.82) is 0 Å². The van der Waals surface area contributed by atoms with Crippen LogP contribution in [-0.4, -0.2) is 11.2 Å². The number of aliphatic hydroxyl groups excluding tert-OH is 1. The lowest BCUT2D eigenvalue weighted by molar-refractivity contribution is 0.119. The van der Waals surface area contributed by atoms with Crippen LogP contribution < -0.4 is 5.73 Å². The highest BCUT2D eigenvalue weighted by molar-refractivity contribution is 6.30. The highest BCUT2D eigenvalue weighted by Gasteiger charge is 2.20. The molecule has 4 heteroatoms. The Hall–Kier alpha value is -0.640. The molecule has 0 aliphatic rings. The SMILES string of the molecule is CC(C)C[C@H](O)[C@H](N)c1ccc(Cl)cc1F. The van der Waals surface area contributed by atoms with Crippen LogP contribution in [0.3, 0.4) is 0 Å². The summed E-state index contributed by atoms with van der Waals surface area (Å²) in [6.07, 6.45) is -0.195. The zero-order valence-corrected chi connectivity index (χ0v) is 10.2. The maximum absolute atomic E-state index is 13.5. The van der Waals surface area contributed by atoms with E-state index in [1.807, 2.05) is 13.8 Å². The molecule has 0 heterocycles. The van der Waals surface area contributed by atoms with Gasteiger partial charge in [0.25, 0.3) is 0 Å². The number of benzene rings is 1. The first-order chi connectivity index (χ1) is 7.41. The van der Waals surface area contributed by atoms with Crippen LogP contribution in [0.4, 0.5) is 4.39 Å². The Labute approximate surface area is 100 Å². The second kappa shape index (κ2) is 5.62. The number of halogens is 2. The molecule has 0 aliphatic carbocycles. The van der Waals surface area contributed by atoms with Crippen molar-refractivity contribution in [3.05, 3.63) is 34.6 Å². The molecule has 1 aromatic rings. The first-order valence-electron chi connectivity index (χ1n) is 5.30. The average Bonchev–Trinajstić information content (AvgIpc) is 2.15. The summed E-state index contributed by atoms with van der Waals surface area (Å²) in [5.41, 5.74) is 6.11. The van der Waals surface area contributed by atoms with Crippen molar-refractivity contribution >= 4 is 11.6 Å². The number of nitrogens with two attached hydrogens (primary N) is 1. The van der Waals surface area contributed by atoms with E-state index in [1.54, 1.807) is 6.07 Å². The molecule has 0 spiro atoms. The van der Waals surface area contributed by atoms with Crippen molar-refractivity contribution in [3.63, 3.8) is 0 Å². The van der Waals surface area contributed by atoms with Crippen molar-refractivity contribution in [3.8, 4) is 0 Å². The van der Waals surface area contributed by atoms with E-state index in [-0.39, 0.29) is 0 Å². The molecular weight excluding hydrogens is 229 g/mol. The lowest BCUT2D eigenvalue weighted by Crippen LogP contribution is -2.28. The van der Waals surface area contributed by atoms with E-state index in [0.29, 0.717) is 22.9 Å². The van der Waals surface area contributed by atoms with Crippen LogP contribution in [-0.2, 0) is 0 Å². The molecule has 0 aromatic heterocycles. The summed E-state index contributed by atoms with van der Waals surface area (Å²) < 4.78 is 13.5. The lowest BCUT2D eigenvalue weighted by Gasteiger charge is -2.21. The highest BCUT2D eigenvalue weighted by Crippen LogP contribution is 2.24. The first-order valence-corrected chi connectivity index (χ1v) is 5.68. The van der Waals surface area contributed by atoms with E-state index in [9.17, 15) is 9.50 Å². The molecule has 1 rings (SSSR count). The summed E-state index contributed by atoms with van der Waals surface area (Å²) in [6, 6.07) is 3.59. The maximum atomic E-state index is 13.5. The van der Waals surface area contributed by atoms with Gasteiger partial charge in [0, 0.05) is 10.6 Å². The van der Waals surface area contributed by atoms with E-state index in [2.05, 4.69) is 0 Å². The third-order valence-corrected chi connectivity index (χ3v) is 2.68. The van der Waals surface area contributed by atoms with Gasteiger partial charge in [-0.05, 0) is 24.5 Å². The van der Waals surface area contributed by atoms with Gasteiger partial charge >= 0.3 is 0 Å². The topological polar surface area (TPSA) is 46.2 Å². The summed E-state index contributed by atoms with van der Waals surface area (Å²) in [5, 5.41) is 10.1. The summed E-state index contributed by atoms with van der Waals surface area (Å²) >= 11 is 5.64. The molecular formula is C12H17ClFNO. The Kier molecular flexibility index (Phi) is 4.71. The van der Waals surface area contributed by atoms with Gasteiger partial charge in [0.05, 0.1) is 12.1 Å². The van der Waals surface area contributed by atoms with Gasteiger partial charge in [-0.15, -0.1) is 0 Å². The fourth-order valence-electron chi connectivity index (χ4n) is 1.61. The van der Waals surface area contributed by atoms with Gasteiger partial charge in [-0.2, -0.15) is 0 Å². The monoisotopic (exact) mass is 245 g/mol. The van der Waals surface area contributed by atoms with Gasteiger partial charge in [0.15, 0.2) is 0 Å². The fraction of sp³-hybridized carbons (Fsp3) is 0.500. The van der Waals surface area contributed by atoms with Crippen LogP contribution in [0.25, 0.3) is 0 Å². The lowest BCUT2D eigenvalue weighted by atomic mass is 9.95. The Balaban J connectivity index is 2.83. The van der Waals surface area contributed by atoms with Gasteiger partial charge in [-0.3, -0.25) is 0 Å². The van der Waals surface area contributed by atoms with Crippen LogP contribution in [0.15, 0.2) is 18.2 Å². The quantitative estimate of drug-likeness (QED) is 0.857. The van der Waals surface area contributed by atoms with Crippen molar-refractivity contribution in [2.45, 2.75) is 32.4 Å². The van der Waals surface area contributed by atoms with E-state index in [1.165, 1.54) is 12.1 Å². The summed E-state index contributed by atoms with van der Waals surface area (Å²) in [6.45, 7) is 3.96. The smallest absolute Gasteiger partial charge is 0.129 e. The number of rotatable bonds is 4. The normalized spacial score (nSPS) is 15.2. The molecule has 1 aromatic carbocycles. The zero-order valence-electron chi connectivity index (χ0n) is 9.45. The molecule has 2 atom stereocenters. The minimum absolute atomic E-state index is 0.303. The third-order valence-electron chi connectivity index (χ3n) is 2.45. The largest absolute Gasteiger partial charge is 0.391 e. The summed E-state index contributed by atoms with van der Waals surface area (Å²) in [4.78, 5) is 0. The number of aliphatic hydroxyl groups is 1. The van der Waals surface area contributed by atoms with Gasteiger partial charge in [0.2, 0.25) is 0 Å². The van der Waals surface area contributed by atoms with E-state index in [4.69, 9.17) is 17.3 Å². The van der Waals surface area contributed by atoms with Gasteiger partial charge < -0.3 is 10.8 Å². The molecule has 0 radical (unpaired) electrons. The molecule has 2 nitrogen and oxygen atoms in total. The first kappa shape index (κ1) is 13.4. The van der Waals surface area contributed by atoms with Crippen LogP contribution in [0.2, 0.25) is 5.02 Å². The highest BCUT2D eigenvalue weighted by atomic mass is 35.5. The Bertz CT molecular complexity index is 357. The second-order valence-corrected chi connectivity index (χ2v) is 4.82. The third kappa shape index (κ3) is 3.44. The summed E-state index contributed by atoms with van der Waals surface area (Å²) in [7, 11) is 0. The Morgan fingerprint density at radius 1 is 1.44 bits per heavy atom. The minimum atomic E-state index is -0.740. The van der Waals surface area contributed by atoms with Crippen LogP contribution in [0.1, 0.15) is 31.9 Å². The molecule has 3 N–H and O–H groups in total. The zero-order chi connectivity index (χ0) is 12.3. The van der Waals surface area contributed by atoms with Crippen LogP contribution in [0, 0.1) is 11.7 Å². The van der Waals surface area contributed by atoms with E-state index >= 15 is 0 Å². The molecule has 0 amide bonds. The fourth-order valence-corrected chi connectivity index (χ4v) is 1.77. The van der Waals surface area contributed by atoms with Gasteiger partial charge in [0.1, 0.15) is 5.82 Å². The van der Waals surface area contributed by atoms with Crippen molar-refractivity contribution < 1.29 is 9.50 Å². The molecule has 0 saturated heterocycles. The van der Waals surface area contributed by atoms with Crippen molar-refractivity contribution in [2.75, 3.05) is 0 Å². The van der Waals surface area contributed by atoms with Crippen LogP contribution in [0.5, 0.6) is 0 Å². The van der Waals surface area contributed by atoms with Gasteiger partial charge in [-0.1, -0.05) is 31.5 Å². The van der Waals surface area contributed by atoms with E-state index < -0.39 is 18.0 Å². The van der Waals surface area contributed by atoms with Crippen molar-refractivity contribution in [2.24, 2.45) is 11.7 Å². The van der Waals surface area contributed by atoms with Crippen molar-refractivity contribution in [1.82, 2.24) is 0 Å². The second-order valence-electron chi connectivity index (χ2n) is 4.39. The summed E-state index contributed by atoms with van der Waals surface area (Å²) in [5.74, 6) is -0.154. The predicted molar refractivity (Wildman–Crippen MR) is 63.8 cm³/mol. The molecule has 0 saturated carbocycles. The Morgan fingerprint density at radius 3 is 2.56 bits per heavy atom. The van der Waals surface area contributed by atoms with Crippen LogP contribution >= 0.6 is 11.6 Å². The molecule has 0 fully saturated rings. The Morgan fingerprint density at radius 2 is 2.06 bits per heavy atom. The molecule has 0 aliphatic heterocycles. The molecule has 90 valence electrons. The standard InChI is InChI=1S/C12H17ClFNO/c1-7(2)5-11(16)12(15)9-4-3-8(13)6-10(9)14/h3-4,6-7,11-12,16H,5,15H2,1-2H3/t11-,12+/m0/s1. The number of hydrogen-bond acceptors (Lipinski definition) is 2. The maximum Gasteiger partial charge on any atom is 0.129 e. The predicted octanol–water partition coefficient (Wildman–Crippen LogP) is 2.89. The molecule has 16 heavy (non-hydrogen) atoms. The molecule has 0 unspecified atom stereocenters. The average molecular weight is 246 g/mol. The molecule has 0 bridgehead atoms. The van der Waals surface area contributed by atoms with E-state index in [0.717, 1.165) is 0 Å². The van der Waals surface area contributed by atoms with Gasteiger partial charge in [-0.25, -0.2) is 4.39 Å².